The van der Waals surface area contributed by atoms with Crippen LogP contribution in [0.1, 0.15) is 0 Å². The van der Waals surface area contributed by atoms with E-state index in [-0.39, 0.29) is 12.4 Å². The van der Waals surface area contributed by atoms with Crippen molar-refractivity contribution >= 4 is 34.2 Å². The normalized spacial score (nSPS) is 11.1. The number of benzene rings is 2. The van der Waals surface area contributed by atoms with Gasteiger partial charge in [0.15, 0.2) is 0 Å². The molecule has 0 bridgehead atoms. The first kappa shape index (κ1) is 13.9. The number of halogens is 1. The van der Waals surface area contributed by atoms with Crippen molar-refractivity contribution in [2.24, 2.45) is 0 Å². The molecular formula is C16H19ClN2. The van der Waals surface area contributed by atoms with Crippen LogP contribution in [0.3, 0.4) is 0 Å². The highest BCUT2D eigenvalue weighted by Crippen LogP contribution is 2.28. The topological polar surface area (TPSA) is 8.17 Å². The average Bonchev–Trinajstić information content (AvgIpc) is 2.71. The zero-order valence-electron chi connectivity index (χ0n) is 11.3. The number of fused-ring (bicyclic) bond motifs is 3. The number of hydrogen-bond donors (Lipinski definition) is 0. The molecule has 0 unspecified atom stereocenters. The maximum absolute atomic E-state index is 2.42. The SMILES string of the molecule is CN(C)CCn1c2ccccc2c2ccccc21.Cl. The zero-order valence-corrected chi connectivity index (χ0v) is 12.2. The fourth-order valence-electron chi connectivity index (χ4n) is 2.54. The molecule has 100 valence electrons. The summed E-state index contributed by atoms with van der Waals surface area (Å²) in [5.41, 5.74) is 2.67. The van der Waals surface area contributed by atoms with Crippen LogP contribution in [0.2, 0.25) is 0 Å². The minimum Gasteiger partial charge on any atom is -0.339 e. The maximum atomic E-state index is 2.42. The highest BCUT2D eigenvalue weighted by Gasteiger charge is 2.08. The van der Waals surface area contributed by atoms with E-state index in [9.17, 15) is 0 Å². The van der Waals surface area contributed by atoms with E-state index in [2.05, 4.69) is 72.1 Å². The van der Waals surface area contributed by atoms with Crippen LogP contribution in [-0.4, -0.2) is 30.1 Å². The third kappa shape index (κ3) is 2.46. The van der Waals surface area contributed by atoms with Crippen LogP contribution in [0.4, 0.5) is 0 Å². The second kappa shape index (κ2) is 5.64. The lowest BCUT2D eigenvalue weighted by Crippen LogP contribution is -2.18. The van der Waals surface area contributed by atoms with Crippen molar-refractivity contribution in [3.05, 3.63) is 48.5 Å². The van der Waals surface area contributed by atoms with Crippen molar-refractivity contribution in [1.29, 1.82) is 0 Å². The summed E-state index contributed by atoms with van der Waals surface area (Å²) in [7, 11) is 4.24. The Labute approximate surface area is 120 Å². The molecule has 3 rings (SSSR count). The first-order valence-corrected chi connectivity index (χ1v) is 6.38. The summed E-state index contributed by atoms with van der Waals surface area (Å²) in [6.07, 6.45) is 0. The average molecular weight is 275 g/mol. The first-order chi connectivity index (χ1) is 8.77. The van der Waals surface area contributed by atoms with Crippen LogP contribution in [0.25, 0.3) is 21.8 Å². The molecule has 0 aliphatic rings. The molecule has 3 heteroatoms. The molecule has 0 amide bonds. The van der Waals surface area contributed by atoms with Crippen molar-refractivity contribution < 1.29 is 0 Å². The van der Waals surface area contributed by atoms with E-state index in [1.165, 1.54) is 21.8 Å². The summed E-state index contributed by atoms with van der Waals surface area (Å²) < 4.78 is 2.42. The number of aromatic nitrogens is 1. The molecule has 0 aliphatic carbocycles. The van der Waals surface area contributed by atoms with E-state index in [1.807, 2.05) is 0 Å². The van der Waals surface area contributed by atoms with Crippen LogP contribution < -0.4 is 0 Å². The van der Waals surface area contributed by atoms with Crippen molar-refractivity contribution in [2.75, 3.05) is 20.6 Å². The Morgan fingerprint density at radius 1 is 0.842 bits per heavy atom. The third-order valence-corrected chi connectivity index (χ3v) is 3.45. The molecule has 1 heterocycles. The predicted octanol–water partition coefficient (Wildman–Crippen LogP) is 3.78. The quantitative estimate of drug-likeness (QED) is 0.706. The Balaban J connectivity index is 0.00000133. The highest BCUT2D eigenvalue weighted by molar-refractivity contribution is 6.07. The summed E-state index contributed by atoms with van der Waals surface area (Å²) in [5, 5.41) is 2.71. The molecule has 0 N–H and O–H groups in total. The van der Waals surface area contributed by atoms with E-state index in [0.29, 0.717) is 0 Å². The smallest absolute Gasteiger partial charge is 0.0491 e. The molecule has 0 atom stereocenters. The Hall–Kier alpha value is -1.51. The van der Waals surface area contributed by atoms with Gasteiger partial charge in [-0.3, -0.25) is 0 Å². The lowest BCUT2D eigenvalue weighted by Gasteiger charge is -2.12. The van der Waals surface area contributed by atoms with Gasteiger partial charge in [0.05, 0.1) is 0 Å². The highest BCUT2D eigenvalue weighted by atomic mass is 35.5. The van der Waals surface area contributed by atoms with Crippen LogP contribution in [0.5, 0.6) is 0 Å². The van der Waals surface area contributed by atoms with E-state index >= 15 is 0 Å². The molecule has 0 spiro atoms. The number of likely N-dealkylation sites (N-methyl/N-ethyl adjacent to an activating group) is 1. The van der Waals surface area contributed by atoms with Gasteiger partial charge in [-0.1, -0.05) is 36.4 Å². The monoisotopic (exact) mass is 274 g/mol. The van der Waals surface area contributed by atoms with Gasteiger partial charge in [0.25, 0.3) is 0 Å². The van der Waals surface area contributed by atoms with Crippen LogP contribution in [-0.2, 0) is 6.54 Å². The Morgan fingerprint density at radius 3 is 1.79 bits per heavy atom. The van der Waals surface area contributed by atoms with E-state index in [1.54, 1.807) is 0 Å². The van der Waals surface area contributed by atoms with Gasteiger partial charge in [-0.25, -0.2) is 0 Å². The Morgan fingerprint density at radius 2 is 1.32 bits per heavy atom. The Kier molecular flexibility index (Phi) is 4.13. The molecule has 3 aromatic rings. The summed E-state index contributed by atoms with van der Waals surface area (Å²) >= 11 is 0. The summed E-state index contributed by atoms with van der Waals surface area (Å²) in [6, 6.07) is 17.3. The standard InChI is InChI=1S/C16H18N2.ClH/c1-17(2)11-12-18-15-9-5-3-7-13(15)14-8-4-6-10-16(14)18;/h3-10H,11-12H2,1-2H3;1H. The molecule has 2 aromatic carbocycles. The molecule has 0 aliphatic heterocycles. The summed E-state index contributed by atoms with van der Waals surface area (Å²) in [4.78, 5) is 2.23. The fraction of sp³-hybridized carbons (Fsp3) is 0.250. The van der Waals surface area contributed by atoms with Crippen molar-refractivity contribution in [3.63, 3.8) is 0 Å². The summed E-state index contributed by atoms with van der Waals surface area (Å²) in [5.74, 6) is 0. The van der Waals surface area contributed by atoms with Gasteiger partial charge in [-0.2, -0.15) is 0 Å². The van der Waals surface area contributed by atoms with Crippen molar-refractivity contribution in [1.82, 2.24) is 9.47 Å². The molecule has 19 heavy (non-hydrogen) atoms. The minimum absolute atomic E-state index is 0. The number of rotatable bonds is 3. The van der Waals surface area contributed by atoms with Crippen LogP contribution in [0, 0.1) is 0 Å². The van der Waals surface area contributed by atoms with E-state index in [4.69, 9.17) is 0 Å². The van der Waals surface area contributed by atoms with Gasteiger partial charge in [0.1, 0.15) is 0 Å². The van der Waals surface area contributed by atoms with Gasteiger partial charge < -0.3 is 9.47 Å². The molecule has 0 saturated heterocycles. The molecule has 2 nitrogen and oxygen atoms in total. The second-order valence-corrected chi connectivity index (χ2v) is 4.99. The van der Waals surface area contributed by atoms with Gasteiger partial charge in [-0.05, 0) is 26.2 Å². The Bertz CT molecular complexity index is 632. The molecule has 0 saturated carbocycles. The largest absolute Gasteiger partial charge is 0.339 e. The van der Waals surface area contributed by atoms with E-state index < -0.39 is 0 Å². The minimum atomic E-state index is 0. The lowest BCUT2D eigenvalue weighted by atomic mass is 10.2. The van der Waals surface area contributed by atoms with Crippen LogP contribution >= 0.6 is 12.4 Å². The summed E-state index contributed by atoms with van der Waals surface area (Å²) in [6.45, 7) is 2.09. The van der Waals surface area contributed by atoms with Crippen LogP contribution in [0.15, 0.2) is 48.5 Å². The first-order valence-electron chi connectivity index (χ1n) is 6.38. The van der Waals surface area contributed by atoms with E-state index in [0.717, 1.165) is 13.1 Å². The van der Waals surface area contributed by atoms with Crippen molar-refractivity contribution in [2.45, 2.75) is 6.54 Å². The predicted molar refractivity (Wildman–Crippen MR) is 85.2 cm³/mol. The molecule has 0 radical (unpaired) electrons. The van der Waals surface area contributed by atoms with Gasteiger partial charge in [0.2, 0.25) is 0 Å². The lowest BCUT2D eigenvalue weighted by molar-refractivity contribution is 0.389. The van der Waals surface area contributed by atoms with Gasteiger partial charge in [0, 0.05) is 34.9 Å². The molecular weight excluding hydrogens is 256 g/mol. The maximum Gasteiger partial charge on any atom is 0.0491 e. The zero-order chi connectivity index (χ0) is 12.5. The third-order valence-electron chi connectivity index (χ3n) is 3.45. The number of para-hydroxylation sites is 2. The molecule has 1 aromatic heterocycles. The van der Waals surface area contributed by atoms with Gasteiger partial charge >= 0.3 is 0 Å². The number of nitrogens with zero attached hydrogens (tertiary/aromatic N) is 2. The van der Waals surface area contributed by atoms with Gasteiger partial charge in [-0.15, -0.1) is 12.4 Å². The molecule has 0 fully saturated rings. The number of hydrogen-bond acceptors (Lipinski definition) is 1. The van der Waals surface area contributed by atoms with Crippen molar-refractivity contribution in [3.8, 4) is 0 Å². The second-order valence-electron chi connectivity index (χ2n) is 4.99. The fourth-order valence-corrected chi connectivity index (χ4v) is 2.54.